The summed E-state index contributed by atoms with van der Waals surface area (Å²) in [6.07, 6.45) is 2.64. The van der Waals surface area contributed by atoms with E-state index in [-0.39, 0.29) is 38.9 Å². The summed E-state index contributed by atoms with van der Waals surface area (Å²) in [7, 11) is 0. The molecule has 0 saturated carbocycles. The Morgan fingerprint density at radius 1 is 1.10 bits per heavy atom. The maximum absolute atomic E-state index is 15.4. The molecule has 1 amide bonds. The standard InChI is InChI=1S/C27H22Cl2FN9O2.C2HF3O2/c1-14-3-2-4-20(17-9-15(7-8-31-17)26-19(11-33-36-26)34-27(14)41)38-13-32-18(10-23(38)40)24-21(6-5-16(28)25(24)30)39-12-22(29)35-37-39;3-2(4,5)1(6)7/h5-14,20H,2-4H2,1H3,(H,33,36)(H,34,41);(H,6,7)/t14-,20+;/m1./s1. The molecule has 4 aromatic heterocycles. The van der Waals surface area contributed by atoms with Gasteiger partial charge in [0.2, 0.25) is 5.91 Å². The number of aromatic nitrogens is 8. The van der Waals surface area contributed by atoms with E-state index in [1.54, 1.807) is 24.5 Å². The number of hydrogen-bond donors (Lipinski definition) is 3. The number of alkyl halides is 3. The summed E-state index contributed by atoms with van der Waals surface area (Å²) >= 11 is 12.0. The van der Waals surface area contributed by atoms with Gasteiger partial charge in [0.1, 0.15) is 0 Å². The number of pyridine rings is 1. The molecule has 5 heterocycles. The number of rotatable bonds is 3. The Hall–Kier alpha value is -5.16. The number of nitrogens with one attached hydrogen (secondary N) is 2. The number of carboxylic acids is 1. The molecule has 2 bridgehead atoms. The van der Waals surface area contributed by atoms with Crippen molar-refractivity contribution in [1.82, 2.24) is 39.7 Å². The van der Waals surface area contributed by atoms with Crippen molar-refractivity contribution in [3.8, 4) is 28.2 Å². The van der Waals surface area contributed by atoms with Gasteiger partial charge in [-0.25, -0.2) is 18.9 Å². The van der Waals surface area contributed by atoms with Crippen LogP contribution in [0.25, 0.3) is 28.2 Å². The number of carbonyl (C=O) groups is 2. The zero-order valence-electron chi connectivity index (χ0n) is 24.5. The molecular formula is C29H23Cl2F4N9O4. The van der Waals surface area contributed by atoms with Crippen molar-refractivity contribution in [2.24, 2.45) is 5.92 Å². The Bertz CT molecular complexity index is 2050. The van der Waals surface area contributed by atoms with E-state index in [4.69, 9.17) is 33.1 Å². The smallest absolute Gasteiger partial charge is 0.475 e. The van der Waals surface area contributed by atoms with Crippen molar-refractivity contribution >= 4 is 40.8 Å². The number of benzene rings is 1. The Kier molecular flexibility index (Phi) is 9.90. The number of fused-ring (bicyclic) bond motifs is 4. The number of hydrogen-bond acceptors (Lipinski definition) is 8. The van der Waals surface area contributed by atoms with Crippen LogP contribution in [0.2, 0.25) is 10.2 Å². The highest BCUT2D eigenvalue weighted by molar-refractivity contribution is 6.31. The van der Waals surface area contributed by atoms with E-state index in [0.29, 0.717) is 36.3 Å². The average molecular weight is 708 g/mol. The van der Waals surface area contributed by atoms with E-state index in [1.807, 2.05) is 13.0 Å². The summed E-state index contributed by atoms with van der Waals surface area (Å²) < 4.78 is 49.8. The maximum Gasteiger partial charge on any atom is 0.490 e. The molecule has 0 aliphatic carbocycles. The summed E-state index contributed by atoms with van der Waals surface area (Å²) in [6, 6.07) is 7.32. The number of halogens is 6. The zero-order valence-corrected chi connectivity index (χ0v) is 26.1. The van der Waals surface area contributed by atoms with Gasteiger partial charge in [-0.3, -0.25) is 24.2 Å². The lowest BCUT2D eigenvalue weighted by Gasteiger charge is -2.22. The lowest BCUT2D eigenvalue weighted by molar-refractivity contribution is -0.192. The molecule has 0 fully saturated rings. The third-order valence-electron chi connectivity index (χ3n) is 7.33. The van der Waals surface area contributed by atoms with Crippen molar-refractivity contribution in [2.75, 3.05) is 5.32 Å². The summed E-state index contributed by atoms with van der Waals surface area (Å²) in [5.41, 5.74) is 2.46. The molecule has 0 spiro atoms. The Morgan fingerprint density at radius 3 is 2.52 bits per heavy atom. The first-order valence-electron chi connectivity index (χ1n) is 14.0. The molecule has 2 atom stereocenters. The topological polar surface area (TPSA) is 174 Å². The van der Waals surface area contributed by atoms with Crippen LogP contribution in [0.3, 0.4) is 0 Å². The van der Waals surface area contributed by atoms with E-state index in [9.17, 15) is 22.8 Å². The molecule has 5 aromatic rings. The second kappa shape index (κ2) is 13.9. The SMILES string of the molecule is C[C@@H]1CCC[C@H](n2cnc(-c3c(-n4cc(Cl)nn4)ccc(Cl)c3F)cc2=O)c2cc(ccn2)-c2[nH]ncc2NC1=O.O=C(O)C(F)(F)F. The number of aliphatic carboxylic acids is 1. The fraction of sp³-hybridized carbons (Fsp3) is 0.241. The highest BCUT2D eigenvalue weighted by Crippen LogP contribution is 2.34. The number of aromatic amines is 1. The van der Waals surface area contributed by atoms with E-state index < -0.39 is 29.6 Å². The van der Waals surface area contributed by atoms with Crippen LogP contribution in [0.15, 0.2) is 60.0 Å². The van der Waals surface area contributed by atoms with Crippen LogP contribution in [0.4, 0.5) is 23.2 Å². The number of carbonyl (C=O) groups excluding carboxylic acids is 1. The minimum Gasteiger partial charge on any atom is -0.475 e. The van der Waals surface area contributed by atoms with Crippen LogP contribution in [-0.4, -0.2) is 62.9 Å². The largest absolute Gasteiger partial charge is 0.490 e. The van der Waals surface area contributed by atoms with Crippen molar-refractivity contribution in [3.63, 3.8) is 0 Å². The van der Waals surface area contributed by atoms with Crippen LogP contribution < -0.4 is 10.9 Å². The van der Waals surface area contributed by atoms with Crippen LogP contribution >= 0.6 is 23.2 Å². The number of carboxylic acid groups (broad SMARTS) is 1. The van der Waals surface area contributed by atoms with Crippen molar-refractivity contribution < 1.29 is 32.3 Å². The van der Waals surface area contributed by atoms with Gasteiger partial charge in [0.05, 0.1) is 63.8 Å². The highest BCUT2D eigenvalue weighted by atomic mass is 35.5. The predicted octanol–water partition coefficient (Wildman–Crippen LogP) is 5.70. The summed E-state index contributed by atoms with van der Waals surface area (Å²) in [5, 5.41) is 24.7. The maximum atomic E-state index is 15.4. The van der Waals surface area contributed by atoms with Crippen molar-refractivity contribution in [3.05, 3.63) is 87.3 Å². The Labute approximate surface area is 277 Å². The van der Waals surface area contributed by atoms with Crippen LogP contribution in [-0.2, 0) is 9.59 Å². The van der Waals surface area contributed by atoms with E-state index >= 15 is 4.39 Å². The molecule has 48 heavy (non-hydrogen) atoms. The van der Waals surface area contributed by atoms with Gasteiger partial charge in [0.25, 0.3) is 5.56 Å². The molecule has 3 N–H and O–H groups in total. The average Bonchev–Trinajstić information content (AvgIpc) is 3.69. The molecule has 0 saturated heterocycles. The zero-order chi connectivity index (χ0) is 34.7. The van der Waals surface area contributed by atoms with E-state index in [2.05, 4.69) is 35.8 Å². The summed E-state index contributed by atoms with van der Waals surface area (Å²) in [6.45, 7) is 1.86. The molecule has 19 heteroatoms. The predicted molar refractivity (Wildman–Crippen MR) is 164 cm³/mol. The first-order valence-corrected chi connectivity index (χ1v) is 14.8. The van der Waals surface area contributed by atoms with Crippen LogP contribution in [0, 0.1) is 11.7 Å². The van der Waals surface area contributed by atoms with Gasteiger partial charge in [-0.2, -0.15) is 18.3 Å². The van der Waals surface area contributed by atoms with Crippen LogP contribution in [0.5, 0.6) is 0 Å². The van der Waals surface area contributed by atoms with Crippen molar-refractivity contribution in [2.45, 2.75) is 38.4 Å². The number of amides is 1. The van der Waals surface area contributed by atoms with Gasteiger partial charge in [-0.1, -0.05) is 41.8 Å². The second-order valence-electron chi connectivity index (χ2n) is 10.5. The molecular weight excluding hydrogens is 685 g/mol. The summed E-state index contributed by atoms with van der Waals surface area (Å²) in [5.74, 6) is -3.90. The van der Waals surface area contributed by atoms with Crippen molar-refractivity contribution in [1.29, 1.82) is 0 Å². The van der Waals surface area contributed by atoms with Gasteiger partial charge in [-0.15, -0.1) is 5.10 Å². The number of H-pyrrole nitrogens is 1. The minimum atomic E-state index is -5.08. The normalized spacial score (nSPS) is 16.4. The van der Waals surface area contributed by atoms with Crippen LogP contribution in [0.1, 0.15) is 37.9 Å². The Balaban J connectivity index is 0.000000582. The molecule has 1 aliphatic rings. The van der Waals surface area contributed by atoms with Gasteiger partial charge >= 0.3 is 12.1 Å². The number of anilines is 1. The first kappa shape index (κ1) is 34.2. The molecule has 1 aromatic carbocycles. The lowest BCUT2D eigenvalue weighted by atomic mass is 9.97. The Morgan fingerprint density at radius 2 is 1.85 bits per heavy atom. The molecule has 250 valence electrons. The van der Waals surface area contributed by atoms with E-state index in [0.717, 1.165) is 5.56 Å². The quantitative estimate of drug-likeness (QED) is 0.199. The van der Waals surface area contributed by atoms with Gasteiger partial charge < -0.3 is 10.4 Å². The van der Waals surface area contributed by atoms with Gasteiger partial charge in [0, 0.05) is 23.7 Å². The monoisotopic (exact) mass is 707 g/mol. The molecule has 0 unspecified atom stereocenters. The third kappa shape index (κ3) is 7.36. The molecule has 1 aliphatic heterocycles. The summed E-state index contributed by atoms with van der Waals surface area (Å²) in [4.78, 5) is 44.3. The molecule has 0 radical (unpaired) electrons. The lowest BCUT2D eigenvalue weighted by Crippen LogP contribution is -2.27. The molecule has 13 nitrogen and oxygen atoms in total. The van der Waals surface area contributed by atoms with E-state index in [1.165, 1.54) is 33.9 Å². The fourth-order valence-corrected chi connectivity index (χ4v) is 5.22. The highest BCUT2D eigenvalue weighted by Gasteiger charge is 2.38. The molecule has 6 rings (SSSR count). The van der Waals surface area contributed by atoms with Gasteiger partial charge in [0.15, 0.2) is 11.0 Å². The minimum absolute atomic E-state index is 0.0197. The number of nitrogens with zero attached hydrogens (tertiary/aromatic N) is 7. The van der Waals surface area contributed by atoms with Gasteiger partial charge in [-0.05, 0) is 37.1 Å². The first-order chi connectivity index (χ1) is 22.7. The fourth-order valence-electron chi connectivity index (χ4n) is 4.94. The second-order valence-corrected chi connectivity index (χ2v) is 11.3. The third-order valence-corrected chi connectivity index (χ3v) is 7.79.